The van der Waals surface area contributed by atoms with E-state index >= 15 is 0 Å². The predicted molar refractivity (Wildman–Crippen MR) is 80.6 cm³/mol. The molecule has 1 amide bonds. The van der Waals surface area contributed by atoms with Crippen molar-refractivity contribution < 1.29 is 9.18 Å². The first-order chi connectivity index (χ1) is 10.2. The normalized spacial score (nSPS) is 24.9. The van der Waals surface area contributed by atoms with Gasteiger partial charge in [0, 0.05) is 19.6 Å². The molecule has 0 radical (unpaired) electrons. The van der Waals surface area contributed by atoms with Crippen LogP contribution >= 0.6 is 0 Å². The summed E-state index contributed by atoms with van der Waals surface area (Å²) in [6, 6.07) is 5.32. The number of hydrogen-bond donors (Lipinski definition) is 2. The standard InChI is InChI=1S/C16H22FN3O/c1-2-18-9-11-5-3-7-13(17)15(11)20-8-4-6-12-14(20)10-19-16(12)21/h3,5,7,12,14,18H,2,4,6,8-10H2,1H3,(H,19,21). The van der Waals surface area contributed by atoms with Gasteiger partial charge in [-0.05, 0) is 31.0 Å². The number of rotatable bonds is 4. The first kappa shape index (κ1) is 14.3. The number of benzene rings is 1. The highest BCUT2D eigenvalue weighted by Crippen LogP contribution is 2.35. The molecule has 21 heavy (non-hydrogen) atoms. The van der Waals surface area contributed by atoms with Crippen LogP contribution in [0.25, 0.3) is 0 Å². The second-order valence-electron chi connectivity index (χ2n) is 5.78. The number of halogens is 1. The molecule has 5 heteroatoms. The zero-order valence-corrected chi connectivity index (χ0v) is 12.4. The Bertz CT molecular complexity index is 534. The van der Waals surface area contributed by atoms with Gasteiger partial charge < -0.3 is 15.5 Å². The van der Waals surface area contributed by atoms with Gasteiger partial charge in [-0.1, -0.05) is 19.1 Å². The molecule has 0 spiro atoms. The zero-order valence-electron chi connectivity index (χ0n) is 12.4. The van der Waals surface area contributed by atoms with Gasteiger partial charge in [-0.15, -0.1) is 0 Å². The van der Waals surface area contributed by atoms with Gasteiger partial charge in [0.2, 0.25) is 5.91 Å². The molecular weight excluding hydrogens is 269 g/mol. The van der Waals surface area contributed by atoms with Crippen molar-refractivity contribution in [3.63, 3.8) is 0 Å². The second-order valence-corrected chi connectivity index (χ2v) is 5.78. The van der Waals surface area contributed by atoms with Gasteiger partial charge in [-0.25, -0.2) is 4.39 Å². The maximum Gasteiger partial charge on any atom is 0.225 e. The molecule has 2 aliphatic heterocycles. The second kappa shape index (κ2) is 6.02. The Balaban J connectivity index is 1.93. The van der Waals surface area contributed by atoms with Crippen molar-refractivity contribution in [3.8, 4) is 0 Å². The molecule has 2 atom stereocenters. The Kier molecular flexibility index (Phi) is 4.10. The summed E-state index contributed by atoms with van der Waals surface area (Å²) >= 11 is 0. The molecule has 114 valence electrons. The van der Waals surface area contributed by atoms with Gasteiger partial charge in [0.1, 0.15) is 5.82 Å². The van der Waals surface area contributed by atoms with Crippen LogP contribution in [0.2, 0.25) is 0 Å². The van der Waals surface area contributed by atoms with Crippen molar-refractivity contribution >= 4 is 11.6 Å². The highest BCUT2D eigenvalue weighted by atomic mass is 19.1. The summed E-state index contributed by atoms with van der Waals surface area (Å²) in [6.07, 6.45) is 1.84. The molecular formula is C16H22FN3O. The van der Waals surface area contributed by atoms with Crippen LogP contribution in [0.3, 0.4) is 0 Å². The van der Waals surface area contributed by atoms with Crippen LogP contribution in [0, 0.1) is 11.7 Å². The Morgan fingerprint density at radius 2 is 2.33 bits per heavy atom. The highest BCUT2D eigenvalue weighted by Gasteiger charge is 2.41. The van der Waals surface area contributed by atoms with Gasteiger partial charge in [0.05, 0.1) is 17.6 Å². The van der Waals surface area contributed by atoms with Gasteiger partial charge in [0.15, 0.2) is 0 Å². The van der Waals surface area contributed by atoms with E-state index in [0.717, 1.165) is 31.5 Å². The highest BCUT2D eigenvalue weighted by molar-refractivity contribution is 5.83. The van der Waals surface area contributed by atoms with E-state index in [-0.39, 0.29) is 23.7 Å². The fourth-order valence-corrected chi connectivity index (χ4v) is 3.51. The minimum atomic E-state index is -0.189. The van der Waals surface area contributed by atoms with Crippen molar-refractivity contribution in [2.24, 2.45) is 5.92 Å². The molecule has 2 fully saturated rings. The van der Waals surface area contributed by atoms with E-state index in [0.29, 0.717) is 18.8 Å². The first-order valence-electron chi connectivity index (χ1n) is 7.74. The molecule has 2 saturated heterocycles. The van der Waals surface area contributed by atoms with Crippen LogP contribution in [0.15, 0.2) is 18.2 Å². The fourth-order valence-electron chi connectivity index (χ4n) is 3.51. The van der Waals surface area contributed by atoms with Crippen molar-refractivity contribution in [3.05, 3.63) is 29.6 Å². The zero-order chi connectivity index (χ0) is 14.8. The number of nitrogens with one attached hydrogen (secondary N) is 2. The lowest BCUT2D eigenvalue weighted by atomic mass is 9.90. The minimum absolute atomic E-state index is 0.00494. The third-order valence-corrected chi connectivity index (χ3v) is 4.52. The van der Waals surface area contributed by atoms with Crippen LogP contribution in [0.1, 0.15) is 25.3 Å². The van der Waals surface area contributed by atoms with Crippen LogP contribution in [-0.4, -0.2) is 31.6 Å². The van der Waals surface area contributed by atoms with Gasteiger partial charge in [-0.2, -0.15) is 0 Å². The molecule has 2 aliphatic rings. The summed E-state index contributed by atoms with van der Waals surface area (Å²) in [4.78, 5) is 14.0. The molecule has 2 heterocycles. The number of piperidine rings is 1. The van der Waals surface area contributed by atoms with Crippen molar-refractivity contribution in [2.75, 3.05) is 24.5 Å². The lowest BCUT2D eigenvalue weighted by Gasteiger charge is -2.39. The number of carbonyl (C=O) groups excluding carboxylic acids is 1. The molecule has 2 N–H and O–H groups in total. The van der Waals surface area contributed by atoms with Gasteiger partial charge >= 0.3 is 0 Å². The summed E-state index contributed by atoms with van der Waals surface area (Å²) in [7, 11) is 0. The summed E-state index contributed by atoms with van der Waals surface area (Å²) in [5.74, 6) is -0.0648. The van der Waals surface area contributed by atoms with Crippen molar-refractivity contribution in [1.82, 2.24) is 10.6 Å². The van der Waals surface area contributed by atoms with Crippen LogP contribution in [0.5, 0.6) is 0 Å². The number of para-hydroxylation sites is 1. The van der Waals surface area contributed by atoms with E-state index in [2.05, 4.69) is 15.5 Å². The summed E-state index contributed by atoms with van der Waals surface area (Å²) in [6.45, 7) is 4.98. The third-order valence-electron chi connectivity index (χ3n) is 4.52. The predicted octanol–water partition coefficient (Wildman–Crippen LogP) is 1.65. The smallest absolute Gasteiger partial charge is 0.225 e. The van der Waals surface area contributed by atoms with Crippen molar-refractivity contribution in [2.45, 2.75) is 32.4 Å². The quantitative estimate of drug-likeness (QED) is 0.886. The maximum atomic E-state index is 14.4. The molecule has 1 aromatic carbocycles. The van der Waals surface area contributed by atoms with E-state index in [1.54, 1.807) is 6.07 Å². The van der Waals surface area contributed by atoms with Crippen molar-refractivity contribution in [1.29, 1.82) is 0 Å². The molecule has 0 aliphatic carbocycles. The molecule has 1 aromatic rings. The van der Waals surface area contributed by atoms with E-state index < -0.39 is 0 Å². The number of hydrogen-bond acceptors (Lipinski definition) is 3. The maximum absolute atomic E-state index is 14.4. The third kappa shape index (κ3) is 2.62. The van der Waals surface area contributed by atoms with Gasteiger partial charge in [-0.3, -0.25) is 4.79 Å². The number of anilines is 1. The molecule has 0 bridgehead atoms. The minimum Gasteiger partial charge on any atom is -0.363 e. The monoisotopic (exact) mass is 291 g/mol. The number of fused-ring (bicyclic) bond motifs is 1. The fraction of sp³-hybridized carbons (Fsp3) is 0.562. The summed E-state index contributed by atoms with van der Waals surface area (Å²) in [5, 5.41) is 6.19. The van der Waals surface area contributed by atoms with Gasteiger partial charge in [0.25, 0.3) is 0 Å². The van der Waals surface area contributed by atoms with E-state index in [4.69, 9.17) is 0 Å². The van der Waals surface area contributed by atoms with Crippen LogP contribution in [-0.2, 0) is 11.3 Å². The van der Waals surface area contributed by atoms with E-state index in [1.165, 1.54) is 6.07 Å². The number of nitrogens with zero attached hydrogens (tertiary/aromatic N) is 1. The van der Waals surface area contributed by atoms with Crippen LogP contribution < -0.4 is 15.5 Å². The molecule has 3 rings (SSSR count). The lowest BCUT2D eigenvalue weighted by molar-refractivity contribution is -0.123. The SMILES string of the molecule is CCNCc1cccc(F)c1N1CCCC2C(=O)NCC21. The number of amides is 1. The van der Waals surface area contributed by atoms with Crippen LogP contribution in [0.4, 0.5) is 10.1 Å². The van der Waals surface area contributed by atoms with E-state index in [9.17, 15) is 9.18 Å². The summed E-state index contributed by atoms with van der Waals surface area (Å²) < 4.78 is 14.4. The molecule has 0 saturated carbocycles. The lowest BCUT2D eigenvalue weighted by Crippen LogP contribution is -2.46. The topological polar surface area (TPSA) is 44.4 Å². The largest absolute Gasteiger partial charge is 0.363 e. The Morgan fingerprint density at radius 1 is 1.48 bits per heavy atom. The Morgan fingerprint density at radius 3 is 3.14 bits per heavy atom. The average Bonchev–Trinajstić information content (AvgIpc) is 2.87. The molecule has 4 nitrogen and oxygen atoms in total. The average molecular weight is 291 g/mol. The molecule has 2 unspecified atom stereocenters. The van der Waals surface area contributed by atoms with E-state index in [1.807, 2.05) is 13.0 Å². The first-order valence-corrected chi connectivity index (χ1v) is 7.74. The molecule has 0 aromatic heterocycles. The Labute approximate surface area is 124 Å². The summed E-state index contributed by atoms with van der Waals surface area (Å²) in [5.41, 5.74) is 1.64. The Hall–Kier alpha value is -1.62. The number of carbonyl (C=O) groups is 1.